The third kappa shape index (κ3) is 2.60. The van der Waals surface area contributed by atoms with Gasteiger partial charge in [-0.15, -0.1) is 0 Å². The maximum Gasteiger partial charge on any atom is 0.123 e. The molecule has 3 heteroatoms. The van der Waals surface area contributed by atoms with Gasteiger partial charge in [-0.2, -0.15) is 0 Å². The van der Waals surface area contributed by atoms with Gasteiger partial charge in [-0.3, -0.25) is 0 Å². The summed E-state index contributed by atoms with van der Waals surface area (Å²) in [7, 11) is 0. The molecule has 2 rings (SSSR count). The van der Waals surface area contributed by atoms with Gasteiger partial charge in [-0.1, -0.05) is 12.1 Å². The van der Waals surface area contributed by atoms with Crippen LogP contribution in [0.3, 0.4) is 0 Å². The van der Waals surface area contributed by atoms with Crippen LogP contribution in [0, 0.1) is 11.7 Å². The molecule has 0 saturated carbocycles. The lowest BCUT2D eigenvalue weighted by atomic mass is 9.83. The van der Waals surface area contributed by atoms with Crippen LogP contribution in [-0.2, 0) is 6.42 Å². The van der Waals surface area contributed by atoms with Crippen molar-refractivity contribution in [1.29, 1.82) is 0 Å². The van der Waals surface area contributed by atoms with Crippen molar-refractivity contribution in [3.8, 4) is 0 Å². The predicted octanol–water partition coefficient (Wildman–Crippen LogP) is 1.73. The Morgan fingerprint density at radius 3 is 3.00 bits per heavy atom. The summed E-state index contributed by atoms with van der Waals surface area (Å²) in [6.45, 7) is 3.65. The molecule has 1 heterocycles. The van der Waals surface area contributed by atoms with Gasteiger partial charge in [0.05, 0.1) is 5.60 Å². The first-order chi connectivity index (χ1) is 7.58. The highest BCUT2D eigenvalue weighted by Crippen LogP contribution is 2.27. The molecule has 0 radical (unpaired) electrons. The highest BCUT2D eigenvalue weighted by atomic mass is 19.1. The monoisotopic (exact) mass is 223 g/mol. The third-order valence-corrected chi connectivity index (χ3v) is 3.39. The van der Waals surface area contributed by atoms with Crippen molar-refractivity contribution in [3.05, 3.63) is 35.6 Å². The van der Waals surface area contributed by atoms with Crippen molar-refractivity contribution in [3.63, 3.8) is 0 Å². The fourth-order valence-corrected chi connectivity index (χ4v) is 2.39. The van der Waals surface area contributed by atoms with Gasteiger partial charge in [0.25, 0.3) is 0 Å². The number of benzene rings is 1. The van der Waals surface area contributed by atoms with Crippen LogP contribution < -0.4 is 5.32 Å². The molecular weight excluding hydrogens is 205 g/mol. The molecule has 2 unspecified atom stereocenters. The van der Waals surface area contributed by atoms with Crippen molar-refractivity contribution >= 4 is 0 Å². The number of nitrogens with one attached hydrogen (secondary N) is 1. The molecule has 16 heavy (non-hydrogen) atoms. The summed E-state index contributed by atoms with van der Waals surface area (Å²) in [6.07, 6.45) is 1.50. The van der Waals surface area contributed by atoms with Crippen LogP contribution in [0.25, 0.3) is 0 Å². The van der Waals surface area contributed by atoms with Crippen molar-refractivity contribution in [2.24, 2.45) is 5.92 Å². The van der Waals surface area contributed by atoms with Gasteiger partial charge in [0.2, 0.25) is 0 Å². The molecule has 0 aliphatic carbocycles. The van der Waals surface area contributed by atoms with E-state index in [0.29, 0.717) is 6.42 Å². The van der Waals surface area contributed by atoms with Crippen LogP contribution in [0.5, 0.6) is 0 Å². The van der Waals surface area contributed by atoms with E-state index in [4.69, 9.17) is 0 Å². The molecular formula is C13H18FNO. The zero-order chi connectivity index (χ0) is 11.6. The summed E-state index contributed by atoms with van der Waals surface area (Å²) in [5.74, 6) is 0.0219. The predicted molar refractivity (Wildman–Crippen MR) is 61.7 cm³/mol. The second-order valence-electron chi connectivity index (χ2n) is 4.85. The maximum atomic E-state index is 13.0. The van der Waals surface area contributed by atoms with Gasteiger partial charge in [0.1, 0.15) is 5.82 Å². The Morgan fingerprint density at radius 1 is 1.56 bits per heavy atom. The zero-order valence-electron chi connectivity index (χ0n) is 9.54. The lowest BCUT2D eigenvalue weighted by Gasteiger charge is -2.29. The Morgan fingerprint density at radius 2 is 2.38 bits per heavy atom. The summed E-state index contributed by atoms with van der Waals surface area (Å²) >= 11 is 0. The molecule has 0 amide bonds. The first-order valence-electron chi connectivity index (χ1n) is 5.75. The van der Waals surface area contributed by atoms with E-state index in [2.05, 4.69) is 5.32 Å². The van der Waals surface area contributed by atoms with E-state index in [1.165, 1.54) is 12.1 Å². The van der Waals surface area contributed by atoms with E-state index < -0.39 is 5.60 Å². The van der Waals surface area contributed by atoms with Gasteiger partial charge in [-0.25, -0.2) is 4.39 Å². The number of hydrogen-bond acceptors (Lipinski definition) is 2. The van der Waals surface area contributed by atoms with Crippen LogP contribution in [-0.4, -0.2) is 23.8 Å². The fraction of sp³-hybridized carbons (Fsp3) is 0.538. The summed E-state index contributed by atoms with van der Waals surface area (Å²) in [5.41, 5.74) is 0.106. The summed E-state index contributed by atoms with van der Waals surface area (Å²) in [5, 5.41) is 13.6. The van der Waals surface area contributed by atoms with E-state index in [0.717, 1.165) is 25.1 Å². The minimum Gasteiger partial charge on any atom is -0.389 e. The summed E-state index contributed by atoms with van der Waals surface area (Å²) in [6, 6.07) is 6.47. The largest absolute Gasteiger partial charge is 0.389 e. The molecule has 1 aromatic rings. The van der Waals surface area contributed by atoms with Gasteiger partial charge in [0, 0.05) is 18.9 Å². The Hall–Kier alpha value is -0.930. The first kappa shape index (κ1) is 11.6. The standard InChI is InChI=1S/C13H18FNO/c1-13(16,11-5-6-15-9-11)8-10-3-2-4-12(14)7-10/h2-4,7,11,15-16H,5-6,8-9H2,1H3. The lowest BCUT2D eigenvalue weighted by molar-refractivity contribution is 0.00722. The average molecular weight is 223 g/mol. The number of hydrogen-bond donors (Lipinski definition) is 2. The molecule has 0 spiro atoms. The molecule has 1 saturated heterocycles. The highest BCUT2D eigenvalue weighted by molar-refractivity contribution is 5.18. The molecule has 2 N–H and O–H groups in total. The van der Waals surface area contributed by atoms with E-state index >= 15 is 0 Å². The zero-order valence-corrected chi connectivity index (χ0v) is 9.54. The number of aliphatic hydroxyl groups is 1. The molecule has 88 valence electrons. The van der Waals surface area contributed by atoms with Crippen LogP contribution in [0.2, 0.25) is 0 Å². The van der Waals surface area contributed by atoms with Crippen LogP contribution in [0.15, 0.2) is 24.3 Å². The second kappa shape index (κ2) is 4.52. The van der Waals surface area contributed by atoms with Gasteiger partial charge >= 0.3 is 0 Å². The van der Waals surface area contributed by atoms with Crippen molar-refractivity contribution in [2.45, 2.75) is 25.4 Å². The minimum absolute atomic E-state index is 0.238. The van der Waals surface area contributed by atoms with E-state index in [1.807, 2.05) is 13.0 Å². The molecule has 1 aromatic carbocycles. The Labute approximate surface area is 95.5 Å². The molecule has 1 aliphatic rings. The van der Waals surface area contributed by atoms with E-state index in [-0.39, 0.29) is 11.7 Å². The molecule has 1 fully saturated rings. The fourth-order valence-electron chi connectivity index (χ4n) is 2.39. The first-order valence-corrected chi connectivity index (χ1v) is 5.75. The highest BCUT2D eigenvalue weighted by Gasteiger charge is 2.33. The topological polar surface area (TPSA) is 32.3 Å². The molecule has 1 aliphatic heterocycles. The van der Waals surface area contributed by atoms with Crippen molar-refractivity contribution in [1.82, 2.24) is 5.32 Å². The van der Waals surface area contributed by atoms with Gasteiger partial charge < -0.3 is 10.4 Å². The van der Waals surface area contributed by atoms with Crippen LogP contribution in [0.1, 0.15) is 18.9 Å². The molecule has 0 bridgehead atoms. The van der Waals surface area contributed by atoms with E-state index in [9.17, 15) is 9.50 Å². The van der Waals surface area contributed by atoms with E-state index in [1.54, 1.807) is 6.07 Å². The van der Waals surface area contributed by atoms with Crippen LogP contribution >= 0.6 is 0 Å². The molecule has 2 atom stereocenters. The maximum absolute atomic E-state index is 13.0. The SMILES string of the molecule is CC(O)(Cc1cccc(F)c1)C1CCNC1. The second-order valence-corrected chi connectivity index (χ2v) is 4.85. The smallest absolute Gasteiger partial charge is 0.123 e. The number of rotatable bonds is 3. The average Bonchev–Trinajstić information content (AvgIpc) is 2.69. The Balaban J connectivity index is 2.07. The molecule has 2 nitrogen and oxygen atoms in total. The molecule has 0 aromatic heterocycles. The normalized spacial score (nSPS) is 24.3. The summed E-state index contributed by atoms with van der Waals surface area (Å²) in [4.78, 5) is 0. The van der Waals surface area contributed by atoms with Gasteiger partial charge in [0.15, 0.2) is 0 Å². The Kier molecular flexibility index (Phi) is 3.26. The Bertz CT molecular complexity index is 359. The quantitative estimate of drug-likeness (QED) is 0.818. The van der Waals surface area contributed by atoms with Gasteiger partial charge in [-0.05, 0) is 37.6 Å². The van der Waals surface area contributed by atoms with Crippen molar-refractivity contribution < 1.29 is 9.50 Å². The minimum atomic E-state index is -0.753. The van der Waals surface area contributed by atoms with Crippen molar-refractivity contribution in [2.75, 3.05) is 13.1 Å². The number of halogens is 1. The lowest BCUT2D eigenvalue weighted by Crippen LogP contribution is -2.38. The van der Waals surface area contributed by atoms with Crippen LogP contribution in [0.4, 0.5) is 4.39 Å². The summed E-state index contributed by atoms with van der Waals surface area (Å²) < 4.78 is 13.0. The third-order valence-electron chi connectivity index (χ3n) is 3.39.